The first-order valence-corrected chi connectivity index (χ1v) is 12.4. The van der Waals surface area contributed by atoms with Crippen molar-refractivity contribution in [1.82, 2.24) is 4.98 Å². The summed E-state index contributed by atoms with van der Waals surface area (Å²) in [6.45, 7) is 1.19. The Balaban J connectivity index is 1.60. The van der Waals surface area contributed by atoms with Gasteiger partial charge in [-0.3, -0.25) is 0 Å². The Morgan fingerprint density at radius 1 is 0.805 bits per heavy atom. The van der Waals surface area contributed by atoms with Crippen molar-refractivity contribution in [3.05, 3.63) is 77.3 Å². The van der Waals surface area contributed by atoms with Crippen molar-refractivity contribution in [1.29, 1.82) is 0 Å². The molecule has 216 valence electrons. The zero-order valence-corrected chi connectivity index (χ0v) is 21.7. The molecule has 0 aliphatic heterocycles. The van der Waals surface area contributed by atoms with Crippen LogP contribution in [-0.4, -0.2) is 35.4 Å². The lowest BCUT2D eigenvalue weighted by Gasteiger charge is -2.10. The summed E-state index contributed by atoms with van der Waals surface area (Å²) in [5.41, 5.74) is 1.92. The van der Waals surface area contributed by atoms with E-state index in [1.54, 1.807) is 25.1 Å². The van der Waals surface area contributed by atoms with E-state index in [0.717, 1.165) is 24.3 Å². The van der Waals surface area contributed by atoms with Crippen LogP contribution in [0.25, 0.3) is 21.7 Å². The first-order chi connectivity index (χ1) is 19.3. The number of aliphatic carboxylic acids is 1. The molecule has 0 saturated heterocycles. The number of carbonyl (C=O) groups is 1. The molecule has 4 rings (SSSR count). The number of rotatable bonds is 10. The lowest BCUT2D eigenvalue weighted by Crippen LogP contribution is -2.17. The van der Waals surface area contributed by atoms with Crippen LogP contribution in [0.15, 0.2) is 66.7 Å². The lowest BCUT2D eigenvalue weighted by atomic mass is 10.1. The van der Waals surface area contributed by atoms with Gasteiger partial charge in [-0.05, 0) is 84.8 Å². The first kappa shape index (κ1) is 29.5. The Kier molecular flexibility index (Phi) is 8.61. The van der Waals surface area contributed by atoms with Gasteiger partial charge in [-0.15, -0.1) is 37.7 Å². The molecular formula is C27H19F6NO6S. The maximum Gasteiger partial charge on any atom is 0.573 e. The van der Waals surface area contributed by atoms with Crippen LogP contribution in [0.3, 0.4) is 0 Å². The van der Waals surface area contributed by atoms with Gasteiger partial charge in [0.25, 0.3) is 0 Å². The van der Waals surface area contributed by atoms with Crippen LogP contribution >= 0.6 is 11.3 Å². The average molecular weight is 600 g/mol. The molecule has 0 atom stereocenters. The van der Waals surface area contributed by atoms with E-state index in [9.17, 15) is 31.1 Å². The van der Waals surface area contributed by atoms with E-state index in [4.69, 9.17) is 14.6 Å². The highest BCUT2D eigenvalue weighted by Crippen LogP contribution is 2.39. The Bertz CT molecular complexity index is 1420. The summed E-state index contributed by atoms with van der Waals surface area (Å²) in [5.74, 6) is -1.16. The molecule has 1 aromatic heterocycles. The third kappa shape index (κ3) is 8.51. The van der Waals surface area contributed by atoms with E-state index in [0.29, 0.717) is 43.8 Å². The zero-order chi connectivity index (χ0) is 29.8. The van der Waals surface area contributed by atoms with Gasteiger partial charge in [0.15, 0.2) is 6.61 Å². The van der Waals surface area contributed by atoms with Crippen LogP contribution in [0.2, 0.25) is 0 Å². The molecule has 7 nitrogen and oxygen atoms in total. The second-order valence-corrected chi connectivity index (χ2v) is 9.41. The highest BCUT2D eigenvalue weighted by molar-refractivity contribution is 7.15. The van der Waals surface area contributed by atoms with Gasteiger partial charge < -0.3 is 24.1 Å². The SMILES string of the molecule is Cc1cc(OCc2nc(-c3ccc(OC(F)(F)F)cc3)c(-c3ccc(OC(F)(F)F)cc3)s2)ccc1OCC(=O)O. The maximum atomic E-state index is 12.6. The molecule has 0 spiro atoms. The molecule has 14 heteroatoms. The number of carboxylic acids is 1. The zero-order valence-electron chi connectivity index (χ0n) is 20.9. The molecular weight excluding hydrogens is 580 g/mol. The van der Waals surface area contributed by atoms with Crippen LogP contribution in [0.5, 0.6) is 23.0 Å². The molecule has 1 N–H and O–H groups in total. The minimum Gasteiger partial charge on any atom is -0.486 e. The molecule has 1 heterocycles. The summed E-state index contributed by atoms with van der Waals surface area (Å²) in [6.07, 6.45) is -9.72. The number of carboxylic acid groups (broad SMARTS) is 1. The van der Waals surface area contributed by atoms with E-state index in [1.807, 2.05) is 0 Å². The van der Waals surface area contributed by atoms with E-state index < -0.39 is 36.8 Å². The van der Waals surface area contributed by atoms with Crippen LogP contribution in [0.1, 0.15) is 10.6 Å². The number of aryl methyl sites for hydroxylation is 1. The standard InChI is InChI=1S/C27H19F6NO6S/c1-15-12-20(10-11-21(15)38-14-23(35)36)37-13-22-34-24(16-2-6-18(7-3-16)39-26(28,29)30)25(41-22)17-4-8-19(9-5-17)40-27(31,32)33/h2-12H,13-14H2,1H3,(H,35,36). The van der Waals surface area contributed by atoms with Gasteiger partial charge in [0.05, 0.1) is 10.6 Å². The first-order valence-electron chi connectivity index (χ1n) is 11.6. The molecule has 0 fully saturated rings. The fourth-order valence-electron chi connectivity index (χ4n) is 3.60. The largest absolute Gasteiger partial charge is 0.573 e. The van der Waals surface area contributed by atoms with Gasteiger partial charge in [-0.25, -0.2) is 9.78 Å². The molecule has 0 aliphatic carbocycles. The van der Waals surface area contributed by atoms with Gasteiger partial charge in [-0.2, -0.15) is 0 Å². The normalized spacial score (nSPS) is 11.7. The molecule has 0 aliphatic rings. The van der Waals surface area contributed by atoms with Crippen LogP contribution < -0.4 is 18.9 Å². The highest BCUT2D eigenvalue weighted by Gasteiger charge is 2.32. The average Bonchev–Trinajstić information content (AvgIpc) is 3.30. The van der Waals surface area contributed by atoms with Crippen LogP contribution in [0.4, 0.5) is 26.3 Å². The van der Waals surface area contributed by atoms with Crippen LogP contribution in [-0.2, 0) is 11.4 Å². The summed E-state index contributed by atoms with van der Waals surface area (Å²) in [4.78, 5) is 15.8. The quantitative estimate of drug-likeness (QED) is 0.188. The monoisotopic (exact) mass is 599 g/mol. The molecule has 3 aromatic carbocycles. The maximum absolute atomic E-state index is 12.6. The fraction of sp³-hybridized carbons (Fsp3) is 0.185. The summed E-state index contributed by atoms with van der Waals surface area (Å²) in [5, 5.41) is 9.24. The Hall–Kier alpha value is -4.46. The Morgan fingerprint density at radius 3 is 1.85 bits per heavy atom. The van der Waals surface area contributed by atoms with Crippen molar-refractivity contribution in [2.24, 2.45) is 0 Å². The van der Waals surface area contributed by atoms with Gasteiger partial charge in [-0.1, -0.05) is 0 Å². The third-order valence-electron chi connectivity index (χ3n) is 5.24. The number of alkyl halides is 6. The summed E-state index contributed by atoms with van der Waals surface area (Å²) < 4.78 is 94.3. The van der Waals surface area contributed by atoms with Gasteiger partial charge >= 0.3 is 18.7 Å². The number of benzene rings is 3. The predicted octanol–water partition coefficient (Wildman–Crippen LogP) is 7.63. The van der Waals surface area contributed by atoms with Crippen LogP contribution in [0, 0.1) is 6.92 Å². The topological polar surface area (TPSA) is 87.1 Å². The van der Waals surface area contributed by atoms with Crippen molar-refractivity contribution in [3.8, 4) is 44.7 Å². The van der Waals surface area contributed by atoms with Crippen molar-refractivity contribution in [3.63, 3.8) is 0 Å². The van der Waals surface area contributed by atoms with E-state index in [1.165, 1.54) is 35.6 Å². The number of hydrogen-bond donors (Lipinski definition) is 1. The summed E-state index contributed by atoms with van der Waals surface area (Å²) >= 11 is 1.18. The molecule has 0 saturated carbocycles. The Morgan fingerprint density at radius 2 is 1.34 bits per heavy atom. The summed E-state index contributed by atoms with van der Waals surface area (Å²) in [6, 6.07) is 14.9. The number of thiazole rings is 1. The number of halogens is 6. The molecule has 0 unspecified atom stereocenters. The van der Waals surface area contributed by atoms with Gasteiger partial charge in [0.1, 0.15) is 34.6 Å². The molecule has 0 radical (unpaired) electrons. The van der Waals surface area contributed by atoms with E-state index in [-0.39, 0.29) is 6.61 Å². The fourth-order valence-corrected chi connectivity index (χ4v) is 4.60. The van der Waals surface area contributed by atoms with Crippen molar-refractivity contribution in [2.75, 3.05) is 6.61 Å². The smallest absolute Gasteiger partial charge is 0.486 e. The highest BCUT2D eigenvalue weighted by atomic mass is 32.1. The second-order valence-electron chi connectivity index (χ2n) is 8.33. The molecule has 4 aromatic rings. The Labute approximate surface area is 232 Å². The number of nitrogens with zero attached hydrogens (tertiary/aromatic N) is 1. The molecule has 0 amide bonds. The number of aromatic nitrogens is 1. The van der Waals surface area contributed by atoms with Crippen molar-refractivity contribution in [2.45, 2.75) is 26.3 Å². The second kappa shape index (κ2) is 12.0. The van der Waals surface area contributed by atoms with Gasteiger partial charge in [0.2, 0.25) is 0 Å². The third-order valence-corrected chi connectivity index (χ3v) is 6.32. The number of ether oxygens (including phenoxy) is 4. The van der Waals surface area contributed by atoms with Crippen molar-refractivity contribution >= 4 is 17.3 Å². The number of hydrogen-bond acceptors (Lipinski definition) is 7. The summed E-state index contributed by atoms with van der Waals surface area (Å²) in [7, 11) is 0. The minimum atomic E-state index is -4.86. The van der Waals surface area contributed by atoms with E-state index >= 15 is 0 Å². The lowest BCUT2D eigenvalue weighted by molar-refractivity contribution is -0.275. The molecule has 0 bridgehead atoms. The van der Waals surface area contributed by atoms with Gasteiger partial charge in [0, 0.05) is 5.56 Å². The molecule has 41 heavy (non-hydrogen) atoms. The van der Waals surface area contributed by atoms with Crippen molar-refractivity contribution < 1.29 is 55.2 Å². The predicted molar refractivity (Wildman–Crippen MR) is 135 cm³/mol. The minimum absolute atomic E-state index is 0.0169. The van der Waals surface area contributed by atoms with E-state index in [2.05, 4.69) is 14.5 Å².